The summed E-state index contributed by atoms with van der Waals surface area (Å²) >= 11 is 0. The van der Waals surface area contributed by atoms with E-state index in [0.717, 1.165) is 16.7 Å². The minimum atomic E-state index is -0.711. The zero-order valence-corrected chi connectivity index (χ0v) is 25.3. The molecule has 0 fully saturated rings. The van der Waals surface area contributed by atoms with Crippen LogP contribution >= 0.6 is 0 Å². The average molecular weight is 597 g/mol. The summed E-state index contributed by atoms with van der Waals surface area (Å²) in [6.07, 6.45) is 5.19. The van der Waals surface area contributed by atoms with Gasteiger partial charge in [-0.25, -0.2) is 0 Å². The number of esters is 1. The first-order valence-electron chi connectivity index (χ1n) is 15.2. The maximum absolute atomic E-state index is 13.5. The van der Waals surface area contributed by atoms with E-state index in [2.05, 4.69) is 23.8 Å². The molecule has 0 radical (unpaired) electrons. The molecule has 3 aromatic rings. The van der Waals surface area contributed by atoms with Gasteiger partial charge in [0.05, 0.1) is 31.0 Å². The van der Waals surface area contributed by atoms with E-state index in [1.165, 1.54) is 0 Å². The van der Waals surface area contributed by atoms with E-state index in [0.29, 0.717) is 25.7 Å². The van der Waals surface area contributed by atoms with Gasteiger partial charge in [0.15, 0.2) is 0 Å². The van der Waals surface area contributed by atoms with Crippen molar-refractivity contribution in [1.82, 2.24) is 10.6 Å². The van der Waals surface area contributed by atoms with Crippen molar-refractivity contribution in [1.29, 1.82) is 0 Å². The third kappa shape index (κ3) is 11.7. The number of hydrogen-bond donors (Lipinski definition) is 3. The fourth-order valence-corrected chi connectivity index (χ4v) is 5.04. The second kappa shape index (κ2) is 18.9. The van der Waals surface area contributed by atoms with Crippen LogP contribution in [0.25, 0.3) is 0 Å². The molecule has 0 saturated heterocycles. The van der Waals surface area contributed by atoms with Crippen LogP contribution in [0.2, 0.25) is 0 Å². The molecule has 0 aromatic heterocycles. The van der Waals surface area contributed by atoms with E-state index < -0.39 is 18.1 Å². The maximum Gasteiger partial charge on any atom is 0.309 e. The van der Waals surface area contributed by atoms with E-state index >= 15 is 0 Å². The largest absolute Gasteiger partial charge is 0.455 e. The molecule has 0 saturated carbocycles. The number of rotatable bonds is 19. The Hall–Kier alpha value is -4.49. The molecule has 0 aliphatic carbocycles. The van der Waals surface area contributed by atoms with Gasteiger partial charge in [0.2, 0.25) is 11.8 Å². The SMILES string of the molecule is C=CCC[C@H](Cc1ccccc1)C(=O)O[C@H](CNC(=O)[C@H](CC=C)CC(=O)N[C@H](CO)Cc1ccccc1)c1ccccc1. The van der Waals surface area contributed by atoms with Crippen LogP contribution in [-0.4, -0.2) is 42.1 Å². The monoisotopic (exact) mass is 596 g/mol. The number of carbonyl (C=O) groups is 3. The second-order valence-electron chi connectivity index (χ2n) is 10.9. The highest BCUT2D eigenvalue weighted by Gasteiger charge is 2.27. The first-order chi connectivity index (χ1) is 21.4. The highest BCUT2D eigenvalue weighted by Crippen LogP contribution is 2.23. The number of carbonyl (C=O) groups excluding carboxylic acids is 3. The molecular weight excluding hydrogens is 552 g/mol. The van der Waals surface area contributed by atoms with E-state index in [1.807, 2.05) is 91.0 Å². The summed E-state index contributed by atoms with van der Waals surface area (Å²) in [5.74, 6) is -2.06. The lowest BCUT2D eigenvalue weighted by molar-refractivity contribution is -0.155. The number of amides is 2. The average Bonchev–Trinajstić information content (AvgIpc) is 3.05. The van der Waals surface area contributed by atoms with Crippen LogP contribution in [0.4, 0.5) is 0 Å². The highest BCUT2D eigenvalue weighted by atomic mass is 16.5. The Morgan fingerprint density at radius 3 is 1.95 bits per heavy atom. The Bertz CT molecular complexity index is 1310. The third-order valence-electron chi connectivity index (χ3n) is 7.43. The van der Waals surface area contributed by atoms with Gasteiger partial charge in [0.1, 0.15) is 6.10 Å². The van der Waals surface area contributed by atoms with Gasteiger partial charge >= 0.3 is 5.97 Å². The molecule has 7 nitrogen and oxygen atoms in total. The van der Waals surface area contributed by atoms with E-state index in [4.69, 9.17) is 4.74 Å². The Balaban J connectivity index is 1.65. The lowest BCUT2D eigenvalue weighted by Gasteiger charge is -2.24. The molecule has 0 aliphatic heterocycles. The van der Waals surface area contributed by atoms with Crippen LogP contribution in [0.15, 0.2) is 116 Å². The van der Waals surface area contributed by atoms with Crippen molar-refractivity contribution in [2.75, 3.05) is 13.2 Å². The number of nitrogens with one attached hydrogen (secondary N) is 2. The first kappa shape index (κ1) is 34.0. The minimum Gasteiger partial charge on any atom is -0.455 e. The Kier molecular flexibility index (Phi) is 14.6. The zero-order chi connectivity index (χ0) is 31.6. The van der Waals surface area contributed by atoms with Crippen LogP contribution in [0.1, 0.15) is 48.5 Å². The van der Waals surface area contributed by atoms with Crippen LogP contribution in [0.5, 0.6) is 0 Å². The predicted octanol–water partition coefficient (Wildman–Crippen LogP) is 5.51. The smallest absolute Gasteiger partial charge is 0.309 e. The molecule has 2 amide bonds. The molecule has 0 spiro atoms. The molecule has 0 bridgehead atoms. The number of benzene rings is 3. The number of allylic oxidation sites excluding steroid dienone is 2. The minimum absolute atomic E-state index is 0.0522. The molecule has 232 valence electrons. The lowest BCUT2D eigenvalue weighted by atomic mass is 9.94. The van der Waals surface area contributed by atoms with Gasteiger partial charge in [-0.3, -0.25) is 14.4 Å². The summed E-state index contributed by atoms with van der Waals surface area (Å²) in [6, 6.07) is 28.2. The van der Waals surface area contributed by atoms with Gasteiger partial charge in [-0.15, -0.1) is 13.2 Å². The quantitative estimate of drug-likeness (QED) is 0.125. The molecule has 0 unspecified atom stereocenters. The van der Waals surface area contributed by atoms with Crippen LogP contribution in [-0.2, 0) is 32.0 Å². The van der Waals surface area contributed by atoms with Gasteiger partial charge < -0.3 is 20.5 Å². The van der Waals surface area contributed by atoms with Crippen molar-refractivity contribution >= 4 is 17.8 Å². The van der Waals surface area contributed by atoms with Gasteiger partial charge in [-0.1, -0.05) is 103 Å². The first-order valence-corrected chi connectivity index (χ1v) is 15.2. The standard InChI is InChI=1S/C37H44N2O5/c1-3-5-20-32(23-28-16-9-6-10-17-28)37(43)44-34(30-21-13-8-14-22-30)26-38-36(42)31(15-4-2)25-35(41)39-33(27-40)24-29-18-11-7-12-19-29/h3-4,6-14,16-19,21-22,31-34,40H,1-2,5,15,20,23-27H2,(H,38,42)(H,39,41)/t31-,32-,33+,34-/m1/s1. The van der Waals surface area contributed by atoms with Crippen molar-refractivity contribution in [3.05, 3.63) is 133 Å². The van der Waals surface area contributed by atoms with Crippen molar-refractivity contribution in [2.24, 2.45) is 11.8 Å². The van der Waals surface area contributed by atoms with Crippen molar-refractivity contribution in [2.45, 2.75) is 50.7 Å². The van der Waals surface area contributed by atoms with Gasteiger partial charge in [-0.2, -0.15) is 0 Å². The third-order valence-corrected chi connectivity index (χ3v) is 7.43. The van der Waals surface area contributed by atoms with Crippen molar-refractivity contribution in [3.63, 3.8) is 0 Å². The molecule has 0 aliphatic rings. The topological polar surface area (TPSA) is 105 Å². The molecule has 7 heteroatoms. The van der Waals surface area contributed by atoms with E-state index in [1.54, 1.807) is 12.2 Å². The summed E-state index contributed by atoms with van der Waals surface area (Å²) in [5, 5.41) is 15.6. The molecule has 4 atom stereocenters. The van der Waals surface area contributed by atoms with Gasteiger partial charge in [0.25, 0.3) is 0 Å². The molecule has 3 rings (SSSR count). The van der Waals surface area contributed by atoms with Gasteiger partial charge in [-0.05, 0) is 48.8 Å². The molecular formula is C37H44N2O5. The van der Waals surface area contributed by atoms with Crippen LogP contribution in [0, 0.1) is 11.8 Å². The predicted molar refractivity (Wildman–Crippen MR) is 173 cm³/mol. The molecule has 3 N–H and O–H groups in total. The summed E-state index contributed by atoms with van der Waals surface area (Å²) in [7, 11) is 0. The fraction of sp³-hybridized carbons (Fsp3) is 0.324. The Morgan fingerprint density at radius 1 is 0.795 bits per heavy atom. The highest BCUT2D eigenvalue weighted by molar-refractivity contribution is 5.86. The van der Waals surface area contributed by atoms with Gasteiger partial charge in [0, 0.05) is 6.42 Å². The number of ether oxygens (including phenoxy) is 1. The number of hydrogen-bond acceptors (Lipinski definition) is 5. The Morgan fingerprint density at radius 2 is 1.39 bits per heavy atom. The number of aliphatic hydroxyl groups is 1. The molecule has 3 aromatic carbocycles. The summed E-state index contributed by atoms with van der Waals surface area (Å²) in [6.45, 7) is 7.39. The molecule has 44 heavy (non-hydrogen) atoms. The normalized spacial score (nSPS) is 13.5. The Labute approximate surface area is 261 Å². The van der Waals surface area contributed by atoms with Crippen LogP contribution in [0.3, 0.4) is 0 Å². The summed E-state index contributed by atoms with van der Waals surface area (Å²) in [5.41, 5.74) is 2.79. The maximum atomic E-state index is 13.5. The summed E-state index contributed by atoms with van der Waals surface area (Å²) < 4.78 is 6.05. The van der Waals surface area contributed by atoms with E-state index in [-0.39, 0.29) is 49.7 Å². The second-order valence-corrected chi connectivity index (χ2v) is 10.9. The summed E-state index contributed by atoms with van der Waals surface area (Å²) in [4.78, 5) is 39.7. The van der Waals surface area contributed by atoms with Crippen molar-refractivity contribution < 1.29 is 24.2 Å². The lowest BCUT2D eigenvalue weighted by Crippen LogP contribution is -2.42. The fourth-order valence-electron chi connectivity index (χ4n) is 5.04. The number of aliphatic hydroxyl groups excluding tert-OH is 1. The van der Waals surface area contributed by atoms with Crippen molar-refractivity contribution in [3.8, 4) is 0 Å². The zero-order valence-electron chi connectivity index (χ0n) is 25.3. The van der Waals surface area contributed by atoms with Crippen LogP contribution < -0.4 is 10.6 Å². The van der Waals surface area contributed by atoms with E-state index in [9.17, 15) is 19.5 Å². The molecule has 0 heterocycles.